The zero-order valence-electron chi connectivity index (χ0n) is 9.24. The lowest BCUT2D eigenvalue weighted by Crippen LogP contribution is -2.22. The number of halogens is 2. The quantitative estimate of drug-likeness (QED) is 0.640. The van der Waals surface area contributed by atoms with Gasteiger partial charge in [0.2, 0.25) is 0 Å². The van der Waals surface area contributed by atoms with Crippen LogP contribution in [0.25, 0.3) is 0 Å². The van der Waals surface area contributed by atoms with Gasteiger partial charge in [-0.3, -0.25) is 0 Å². The lowest BCUT2D eigenvalue weighted by molar-refractivity contribution is 0.0601. The van der Waals surface area contributed by atoms with Gasteiger partial charge in [0.05, 0.1) is 30.3 Å². The first kappa shape index (κ1) is 14.1. The summed E-state index contributed by atoms with van der Waals surface area (Å²) in [6.07, 6.45) is -0.693. The molecule has 0 aliphatic rings. The summed E-state index contributed by atoms with van der Waals surface area (Å²) in [5.41, 5.74) is 0.868. The highest BCUT2D eigenvalue weighted by atomic mass is 35.5. The lowest BCUT2D eigenvalue weighted by Gasteiger charge is -2.13. The second-order valence-electron chi connectivity index (χ2n) is 3.37. The maximum Gasteiger partial charge on any atom is 0.339 e. The number of hydrogen-bond acceptors (Lipinski definition) is 4. The maximum atomic E-state index is 11.5. The van der Waals surface area contributed by atoms with E-state index in [1.54, 1.807) is 18.2 Å². The van der Waals surface area contributed by atoms with Gasteiger partial charge in [0.25, 0.3) is 0 Å². The zero-order valence-corrected chi connectivity index (χ0v) is 10.8. The molecule has 0 radical (unpaired) electrons. The van der Waals surface area contributed by atoms with Gasteiger partial charge in [0, 0.05) is 11.6 Å². The van der Waals surface area contributed by atoms with Gasteiger partial charge >= 0.3 is 5.97 Å². The van der Waals surface area contributed by atoms with E-state index in [2.05, 4.69) is 10.1 Å². The van der Waals surface area contributed by atoms with E-state index in [1.807, 2.05) is 0 Å². The largest absolute Gasteiger partial charge is 0.465 e. The Kier molecular flexibility index (Phi) is 5.55. The fourth-order valence-corrected chi connectivity index (χ4v) is 1.51. The Morgan fingerprint density at radius 1 is 1.59 bits per heavy atom. The van der Waals surface area contributed by atoms with Gasteiger partial charge in [0.1, 0.15) is 0 Å². The number of esters is 1. The van der Waals surface area contributed by atoms with E-state index in [-0.39, 0.29) is 12.4 Å². The summed E-state index contributed by atoms with van der Waals surface area (Å²) >= 11 is 11.3. The number of hydrogen-bond donors (Lipinski definition) is 2. The minimum Gasteiger partial charge on any atom is -0.465 e. The van der Waals surface area contributed by atoms with E-state index in [1.165, 1.54) is 7.11 Å². The highest BCUT2D eigenvalue weighted by Crippen LogP contribution is 2.21. The molecule has 2 N–H and O–H groups in total. The molecular formula is C11H13Cl2NO3. The minimum absolute atomic E-state index is 0.112. The number of aliphatic hydroxyl groups excluding tert-OH is 1. The van der Waals surface area contributed by atoms with Crippen LogP contribution in [0.15, 0.2) is 18.2 Å². The van der Waals surface area contributed by atoms with E-state index >= 15 is 0 Å². The average Bonchev–Trinajstić information content (AvgIpc) is 2.35. The number of benzene rings is 1. The highest BCUT2D eigenvalue weighted by Gasteiger charge is 2.13. The second kappa shape index (κ2) is 6.69. The van der Waals surface area contributed by atoms with Gasteiger partial charge in [-0.25, -0.2) is 4.79 Å². The molecule has 0 aromatic heterocycles. The molecule has 6 heteroatoms. The summed E-state index contributed by atoms with van der Waals surface area (Å²) in [4.78, 5) is 11.5. The van der Waals surface area contributed by atoms with Crippen molar-refractivity contribution in [1.82, 2.24) is 0 Å². The van der Waals surface area contributed by atoms with Crippen LogP contribution < -0.4 is 5.32 Å². The molecule has 0 aliphatic carbocycles. The number of carbonyl (C=O) groups is 1. The molecule has 4 nitrogen and oxygen atoms in total. The fourth-order valence-electron chi connectivity index (χ4n) is 1.23. The van der Waals surface area contributed by atoms with Gasteiger partial charge in [-0.2, -0.15) is 0 Å². The number of ether oxygens (including phenoxy) is 1. The Labute approximate surface area is 109 Å². The summed E-state index contributed by atoms with van der Waals surface area (Å²) in [5.74, 6) is -0.356. The van der Waals surface area contributed by atoms with Crippen molar-refractivity contribution in [1.29, 1.82) is 0 Å². The molecule has 0 bridgehead atoms. The van der Waals surface area contributed by atoms with Crippen LogP contribution >= 0.6 is 23.2 Å². The van der Waals surface area contributed by atoms with Gasteiger partial charge in [0.15, 0.2) is 0 Å². The predicted octanol–water partition coefficient (Wildman–Crippen LogP) is 2.14. The van der Waals surface area contributed by atoms with Crippen molar-refractivity contribution >= 4 is 34.9 Å². The van der Waals surface area contributed by atoms with E-state index in [0.29, 0.717) is 16.3 Å². The average molecular weight is 278 g/mol. The van der Waals surface area contributed by atoms with Crippen molar-refractivity contribution < 1.29 is 14.6 Å². The Balaban J connectivity index is 2.87. The first-order valence-corrected chi connectivity index (χ1v) is 5.85. The summed E-state index contributed by atoms with van der Waals surface area (Å²) in [6.45, 7) is 0.230. The van der Waals surface area contributed by atoms with Crippen LogP contribution in [0.1, 0.15) is 10.4 Å². The second-order valence-corrected chi connectivity index (χ2v) is 4.12. The fraction of sp³-hybridized carbons (Fsp3) is 0.364. The van der Waals surface area contributed by atoms with Gasteiger partial charge in [-0.1, -0.05) is 11.6 Å². The molecule has 1 aromatic rings. The van der Waals surface area contributed by atoms with Crippen molar-refractivity contribution in [3.8, 4) is 0 Å². The number of anilines is 1. The summed E-state index contributed by atoms with van der Waals surface area (Å²) in [6, 6.07) is 4.75. The van der Waals surface area contributed by atoms with E-state index in [4.69, 9.17) is 23.2 Å². The molecule has 1 aromatic carbocycles. The SMILES string of the molecule is COC(=O)c1ccc(Cl)cc1NCC(O)CCl. The van der Waals surface area contributed by atoms with E-state index in [0.717, 1.165) is 0 Å². The molecule has 0 fully saturated rings. The van der Waals surface area contributed by atoms with Crippen LogP contribution in [0.3, 0.4) is 0 Å². The van der Waals surface area contributed by atoms with Crippen LogP contribution in [-0.4, -0.2) is 36.7 Å². The molecule has 0 aliphatic heterocycles. The standard InChI is InChI=1S/C11H13Cl2NO3/c1-17-11(16)9-3-2-7(13)4-10(9)14-6-8(15)5-12/h2-4,8,14-15H,5-6H2,1H3. The van der Waals surface area contributed by atoms with Crippen molar-refractivity contribution in [2.45, 2.75) is 6.10 Å². The maximum absolute atomic E-state index is 11.5. The molecule has 0 heterocycles. The van der Waals surface area contributed by atoms with Gasteiger partial charge in [-0.15, -0.1) is 11.6 Å². The molecule has 1 unspecified atom stereocenters. The van der Waals surface area contributed by atoms with Crippen LogP contribution in [0.4, 0.5) is 5.69 Å². The molecule has 1 rings (SSSR count). The van der Waals surface area contributed by atoms with Crippen LogP contribution in [0, 0.1) is 0 Å². The summed E-state index contributed by atoms with van der Waals surface area (Å²) < 4.78 is 4.64. The molecule has 17 heavy (non-hydrogen) atoms. The van der Waals surface area contributed by atoms with Gasteiger partial charge < -0.3 is 15.2 Å². The number of nitrogens with one attached hydrogen (secondary N) is 1. The Morgan fingerprint density at radius 3 is 2.88 bits per heavy atom. The molecule has 0 saturated heterocycles. The third-order valence-corrected chi connectivity index (χ3v) is 2.68. The zero-order chi connectivity index (χ0) is 12.8. The normalized spacial score (nSPS) is 12.0. The molecule has 0 saturated carbocycles. The smallest absolute Gasteiger partial charge is 0.339 e. The van der Waals surface area contributed by atoms with E-state index in [9.17, 15) is 9.90 Å². The monoisotopic (exact) mass is 277 g/mol. The van der Waals surface area contributed by atoms with Gasteiger partial charge in [-0.05, 0) is 18.2 Å². The molecule has 94 valence electrons. The minimum atomic E-state index is -0.693. The summed E-state index contributed by atoms with van der Waals surface area (Å²) in [5, 5.41) is 12.7. The van der Waals surface area contributed by atoms with Crippen molar-refractivity contribution in [2.24, 2.45) is 0 Å². The number of aliphatic hydroxyl groups is 1. The Bertz CT molecular complexity index is 398. The Hall–Kier alpha value is -0.970. The number of rotatable bonds is 5. The molecular weight excluding hydrogens is 265 g/mol. The van der Waals surface area contributed by atoms with Crippen molar-refractivity contribution in [3.63, 3.8) is 0 Å². The highest BCUT2D eigenvalue weighted by molar-refractivity contribution is 6.31. The lowest BCUT2D eigenvalue weighted by atomic mass is 10.1. The first-order valence-electron chi connectivity index (χ1n) is 4.94. The van der Waals surface area contributed by atoms with Crippen LogP contribution in [-0.2, 0) is 4.74 Å². The number of methoxy groups -OCH3 is 1. The number of carbonyl (C=O) groups excluding carboxylic acids is 1. The van der Waals surface area contributed by atoms with Crippen LogP contribution in [0.5, 0.6) is 0 Å². The molecule has 1 atom stereocenters. The molecule has 0 spiro atoms. The topological polar surface area (TPSA) is 58.6 Å². The third-order valence-electron chi connectivity index (χ3n) is 2.09. The van der Waals surface area contributed by atoms with Crippen LogP contribution in [0.2, 0.25) is 5.02 Å². The number of alkyl halides is 1. The van der Waals surface area contributed by atoms with E-state index < -0.39 is 12.1 Å². The van der Waals surface area contributed by atoms with Crippen molar-refractivity contribution in [2.75, 3.05) is 24.9 Å². The molecule has 0 amide bonds. The first-order chi connectivity index (χ1) is 8.08. The van der Waals surface area contributed by atoms with Crippen molar-refractivity contribution in [3.05, 3.63) is 28.8 Å². The third kappa shape index (κ3) is 4.07. The Morgan fingerprint density at radius 2 is 2.29 bits per heavy atom. The predicted molar refractivity (Wildman–Crippen MR) is 68.0 cm³/mol. The summed E-state index contributed by atoms with van der Waals surface area (Å²) in [7, 11) is 1.30.